The molecule has 1 fully saturated rings. The van der Waals surface area contributed by atoms with Crippen LogP contribution < -0.4 is 0 Å². The highest BCUT2D eigenvalue weighted by Crippen LogP contribution is 2.52. The molecule has 2 aliphatic carbocycles. The van der Waals surface area contributed by atoms with Crippen LogP contribution in [0.15, 0.2) is 85.0 Å². The Morgan fingerprint density at radius 1 is 0.962 bits per heavy atom. The summed E-state index contributed by atoms with van der Waals surface area (Å²) in [4.78, 5) is 11.3. The first kappa shape index (κ1) is 18.2. The van der Waals surface area contributed by atoms with E-state index < -0.39 is 0 Å². The van der Waals surface area contributed by atoms with Crippen molar-refractivity contribution in [1.82, 2.24) is 0 Å². The maximum atomic E-state index is 11.3. The monoisotopic (exact) mass is 346 g/mol. The Kier molecular flexibility index (Phi) is 6.43. The van der Waals surface area contributed by atoms with Gasteiger partial charge in [0.15, 0.2) is 0 Å². The Labute approximate surface area is 156 Å². The van der Waals surface area contributed by atoms with E-state index in [0.717, 1.165) is 12.8 Å². The van der Waals surface area contributed by atoms with Crippen molar-refractivity contribution >= 4 is 12.0 Å². The van der Waals surface area contributed by atoms with E-state index in [1.807, 2.05) is 24.3 Å². The highest BCUT2D eigenvalue weighted by molar-refractivity contribution is 5.81. The molecule has 26 heavy (non-hydrogen) atoms. The molecule has 0 bridgehead atoms. The third-order valence-electron chi connectivity index (χ3n) is 5.37. The summed E-state index contributed by atoms with van der Waals surface area (Å²) >= 11 is 0. The quantitative estimate of drug-likeness (QED) is 0.377. The van der Waals surface area contributed by atoms with Crippen LogP contribution in [0.25, 0.3) is 6.08 Å². The summed E-state index contributed by atoms with van der Waals surface area (Å²) in [5.41, 5.74) is 1.21. The molecule has 0 aromatic heterocycles. The summed E-state index contributed by atoms with van der Waals surface area (Å²) in [6.07, 6.45) is 23.1. The molecule has 0 saturated heterocycles. The average Bonchev–Trinajstić information content (AvgIpc) is 2.68. The number of allylic oxidation sites excluding steroid dienone is 8. The zero-order valence-corrected chi connectivity index (χ0v) is 15.2. The molecule has 0 amide bonds. The van der Waals surface area contributed by atoms with Gasteiger partial charge in [-0.15, -0.1) is 0 Å². The number of ether oxygens (including phenoxy) is 1. The Morgan fingerprint density at radius 2 is 1.62 bits per heavy atom. The summed E-state index contributed by atoms with van der Waals surface area (Å²) in [6, 6.07) is 10.3. The predicted molar refractivity (Wildman–Crippen MR) is 107 cm³/mol. The molecule has 3 rings (SSSR count). The maximum Gasteiger partial charge on any atom is 0.330 e. The lowest BCUT2D eigenvalue weighted by molar-refractivity contribution is -0.134. The van der Waals surface area contributed by atoms with Crippen LogP contribution in [0.2, 0.25) is 0 Å². The molecule has 2 unspecified atom stereocenters. The lowest BCUT2D eigenvalue weighted by Gasteiger charge is -2.51. The van der Waals surface area contributed by atoms with Gasteiger partial charge in [0.05, 0.1) is 7.11 Å². The van der Waals surface area contributed by atoms with E-state index >= 15 is 0 Å². The molecule has 0 N–H and O–H groups in total. The summed E-state index contributed by atoms with van der Waals surface area (Å²) < 4.78 is 4.68. The largest absolute Gasteiger partial charge is 0.466 e. The van der Waals surface area contributed by atoms with Gasteiger partial charge in [-0.3, -0.25) is 0 Å². The highest BCUT2D eigenvalue weighted by Gasteiger charge is 2.46. The van der Waals surface area contributed by atoms with E-state index in [1.54, 1.807) is 6.08 Å². The van der Waals surface area contributed by atoms with Crippen molar-refractivity contribution in [2.24, 2.45) is 23.7 Å². The first-order chi connectivity index (χ1) is 12.8. The first-order valence-electron chi connectivity index (χ1n) is 9.27. The fourth-order valence-electron chi connectivity index (χ4n) is 4.02. The van der Waals surface area contributed by atoms with Gasteiger partial charge < -0.3 is 4.74 Å². The second-order valence-corrected chi connectivity index (χ2v) is 6.85. The van der Waals surface area contributed by atoms with Crippen LogP contribution in [0.5, 0.6) is 0 Å². The molecule has 0 spiro atoms. The first-order valence-corrected chi connectivity index (χ1v) is 9.27. The summed E-state index contributed by atoms with van der Waals surface area (Å²) in [7, 11) is 1.41. The number of hydrogen-bond acceptors (Lipinski definition) is 2. The number of benzene rings is 1. The smallest absolute Gasteiger partial charge is 0.330 e. The van der Waals surface area contributed by atoms with Crippen molar-refractivity contribution in [3.8, 4) is 0 Å². The molecule has 1 saturated carbocycles. The Hall–Kier alpha value is -2.61. The van der Waals surface area contributed by atoms with Gasteiger partial charge in [-0.05, 0) is 42.1 Å². The molecule has 2 nitrogen and oxygen atoms in total. The molecule has 134 valence electrons. The average molecular weight is 346 g/mol. The number of esters is 1. The number of methoxy groups -OCH3 is 1. The minimum absolute atomic E-state index is 0.276. The summed E-state index contributed by atoms with van der Waals surface area (Å²) in [6.45, 7) is 0. The topological polar surface area (TPSA) is 26.3 Å². The van der Waals surface area contributed by atoms with Crippen molar-refractivity contribution in [3.63, 3.8) is 0 Å². The number of carbonyl (C=O) groups is 1. The van der Waals surface area contributed by atoms with Gasteiger partial charge >= 0.3 is 5.97 Å². The minimum atomic E-state index is -0.276. The molecular formula is C24H26O2. The van der Waals surface area contributed by atoms with Gasteiger partial charge in [0.25, 0.3) is 0 Å². The highest BCUT2D eigenvalue weighted by atomic mass is 16.5. The fraction of sp³-hybridized carbons (Fsp3) is 0.292. The molecule has 1 aromatic carbocycles. The fourth-order valence-corrected chi connectivity index (χ4v) is 4.02. The summed E-state index contributed by atoms with van der Waals surface area (Å²) in [5.74, 6) is 2.16. The van der Waals surface area contributed by atoms with Gasteiger partial charge in [-0.2, -0.15) is 0 Å². The van der Waals surface area contributed by atoms with E-state index in [-0.39, 0.29) is 5.97 Å². The second-order valence-electron chi connectivity index (χ2n) is 6.85. The van der Waals surface area contributed by atoms with E-state index in [2.05, 4.69) is 65.5 Å². The van der Waals surface area contributed by atoms with Crippen molar-refractivity contribution in [1.29, 1.82) is 0 Å². The maximum absolute atomic E-state index is 11.3. The van der Waals surface area contributed by atoms with Gasteiger partial charge in [0, 0.05) is 6.08 Å². The van der Waals surface area contributed by atoms with Gasteiger partial charge in [-0.25, -0.2) is 4.79 Å². The van der Waals surface area contributed by atoms with Gasteiger partial charge in [0.1, 0.15) is 0 Å². The molecule has 4 atom stereocenters. The standard InChI is InChI=1S/C24H26O2/c1-26-24(25)18-10-17-23-20(21-15-8-9-16-22(21)23)14-7-3-6-13-19-11-4-2-5-12-19/h2-13,15-16,18,20-23H,14,17H2,1H3/b7-3+,13-6+,18-10+/t20-,21?,22?,23+/m0/s1. The van der Waals surface area contributed by atoms with Crippen molar-refractivity contribution in [3.05, 3.63) is 90.6 Å². The molecule has 0 heterocycles. The third-order valence-corrected chi connectivity index (χ3v) is 5.37. The molecule has 0 aliphatic heterocycles. The van der Waals surface area contributed by atoms with Crippen molar-refractivity contribution in [2.75, 3.05) is 7.11 Å². The number of rotatable bonds is 7. The Morgan fingerprint density at radius 3 is 2.27 bits per heavy atom. The minimum Gasteiger partial charge on any atom is -0.466 e. The second kappa shape index (κ2) is 9.19. The number of hydrogen-bond donors (Lipinski definition) is 0. The predicted octanol–water partition coefficient (Wildman–Crippen LogP) is 5.37. The lowest BCUT2D eigenvalue weighted by Crippen LogP contribution is -2.45. The number of carbonyl (C=O) groups excluding carboxylic acids is 1. The van der Waals surface area contributed by atoms with Crippen LogP contribution in [0.1, 0.15) is 18.4 Å². The normalized spacial score (nSPS) is 27.1. The van der Waals surface area contributed by atoms with E-state index in [4.69, 9.17) is 0 Å². The van der Waals surface area contributed by atoms with Crippen LogP contribution in [0.4, 0.5) is 0 Å². The van der Waals surface area contributed by atoms with Gasteiger partial charge in [0.2, 0.25) is 0 Å². The van der Waals surface area contributed by atoms with Crippen LogP contribution in [0, 0.1) is 23.7 Å². The molecule has 1 aromatic rings. The molecule has 2 aliphatic rings. The van der Waals surface area contributed by atoms with Crippen LogP contribution in [-0.4, -0.2) is 13.1 Å². The zero-order valence-electron chi connectivity index (χ0n) is 15.2. The van der Waals surface area contributed by atoms with E-state index in [0.29, 0.717) is 23.7 Å². The number of fused-ring (bicyclic) bond motifs is 1. The SMILES string of the molecule is COC(=O)/C=C/C[C@H]1C2C=CC=CC2[C@@H]1C/C=C/C=C/c1ccccc1. The zero-order chi connectivity index (χ0) is 18.2. The Bertz CT molecular complexity index is 737. The van der Waals surface area contributed by atoms with E-state index in [1.165, 1.54) is 12.7 Å². The van der Waals surface area contributed by atoms with Crippen molar-refractivity contribution in [2.45, 2.75) is 12.8 Å². The third kappa shape index (κ3) is 4.51. The lowest BCUT2D eigenvalue weighted by atomic mass is 9.53. The van der Waals surface area contributed by atoms with Crippen LogP contribution in [0.3, 0.4) is 0 Å². The van der Waals surface area contributed by atoms with Crippen molar-refractivity contribution < 1.29 is 9.53 Å². The van der Waals surface area contributed by atoms with E-state index in [9.17, 15) is 4.79 Å². The molecule has 0 radical (unpaired) electrons. The molecule has 2 heteroatoms. The van der Waals surface area contributed by atoms with Crippen LogP contribution in [-0.2, 0) is 9.53 Å². The van der Waals surface area contributed by atoms with Gasteiger partial charge in [-0.1, -0.05) is 85.0 Å². The Balaban J connectivity index is 1.55. The summed E-state index contributed by atoms with van der Waals surface area (Å²) in [5, 5.41) is 0. The van der Waals surface area contributed by atoms with Crippen LogP contribution >= 0.6 is 0 Å². The molecular weight excluding hydrogens is 320 g/mol.